The monoisotopic (exact) mass is 490 g/mol. The average molecular weight is 491 g/mol. The molecule has 1 aliphatic heterocycles. The zero-order valence-corrected chi connectivity index (χ0v) is 20.4. The van der Waals surface area contributed by atoms with Crippen molar-refractivity contribution in [2.24, 2.45) is 5.92 Å². The smallest absolute Gasteiger partial charge is 0.366 e. The van der Waals surface area contributed by atoms with E-state index in [-0.39, 0.29) is 35.7 Å². The molecule has 190 valence electrons. The molecule has 1 aromatic heterocycles. The van der Waals surface area contributed by atoms with E-state index in [1.165, 1.54) is 0 Å². The molecule has 1 saturated heterocycles. The molecule has 1 aliphatic carbocycles. The summed E-state index contributed by atoms with van der Waals surface area (Å²) in [6.45, 7) is 3.97. The van der Waals surface area contributed by atoms with Crippen LogP contribution in [-0.4, -0.2) is 64.9 Å². The molecule has 0 bridgehead atoms. The lowest BCUT2D eigenvalue weighted by Crippen LogP contribution is -2.44. The Balaban J connectivity index is 1.46. The van der Waals surface area contributed by atoms with E-state index in [2.05, 4.69) is 32.5 Å². The highest BCUT2D eigenvalue weighted by Crippen LogP contribution is 2.36. The number of nitrogens with zero attached hydrogens (tertiary/aromatic N) is 4. The number of nitrogens with one attached hydrogen (secondary N) is 2. The van der Waals surface area contributed by atoms with Crippen LogP contribution in [0, 0.1) is 5.92 Å². The van der Waals surface area contributed by atoms with Gasteiger partial charge in [0, 0.05) is 36.6 Å². The number of rotatable bonds is 6. The third-order valence-electron chi connectivity index (χ3n) is 7.22. The Labute approximate surface area is 204 Å². The van der Waals surface area contributed by atoms with Gasteiger partial charge in [0.05, 0.1) is 0 Å². The van der Waals surface area contributed by atoms with Crippen LogP contribution in [0.1, 0.15) is 54.9 Å². The Morgan fingerprint density at radius 3 is 2.40 bits per heavy atom. The van der Waals surface area contributed by atoms with E-state index in [0.717, 1.165) is 51.4 Å². The molecule has 1 unspecified atom stereocenters. The second kappa shape index (κ2) is 10.4. The first-order chi connectivity index (χ1) is 16.6. The van der Waals surface area contributed by atoms with Crippen molar-refractivity contribution in [2.45, 2.75) is 57.3 Å². The summed E-state index contributed by atoms with van der Waals surface area (Å²) in [6.07, 6.45) is 0.921. The molecule has 7 nitrogen and oxygen atoms in total. The number of aromatic nitrogens is 2. The summed E-state index contributed by atoms with van der Waals surface area (Å²) < 4.78 is 40.6. The molecule has 2 N–H and O–H groups in total. The molecule has 2 atom stereocenters. The molecule has 0 spiro atoms. The molecule has 35 heavy (non-hydrogen) atoms. The fourth-order valence-electron chi connectivity index (χ4n) is 4.87. The van der Waals surface area contributed by atoms with Crippen molar-refractivity contribution in [3.63, 3.8) is 0 Å². The normalized spacial score (nSPS) is 21.7. The minimum absolute atomic E-state index is 0.0472. The Kier molecular flexibility index (Phi) is 7.49. The van der Waals surface area contributed by atoms with E-state index in [4.69, 9.17) is 0 Å². The Morgan fingerprint density at radius 1 is 1.11 bits per heavy atom. The van der Waals surface area contributed by atoms with Gasteiger partial charge in [-0.25, -0.2) is 4.98 Å². The Bertz CT molecular complexity index is 1020. The zero-order chi connectivity index (χ0) is 25.2. The van der Waals surface area contributed by atoms with Crippen molar-refractivity contribution in [3.05, 3.63) is 41.6 Å². The minimum atomic E-state index is -4.55. The number of hydrogen-bond acceptors (Lipinski definition) is 6. The van der Waals surface area contributed by atoms with Gasteiger partial charge in [0.15, 0.2) is 0 Å². The molecule has 4 rings (SSSR count). The third-order valence-corrected chi connectivity index (χ3v) is 7.22. The van der Waals surface area contributed by atoms with E-state index in [1.54, 1.807) is 29.2 Å². The maximum absolute atomic E-state index is 13.5. The van der Waals surface area contributed by atoms with Crippen molar-refractivity contribution in [1.29, 1.82) is 0 Å². The largest absolute Gasteiger partial charge is 0.421 e. The number of benzene rings is 1. The number of hydrogen-bond donors (Lipinski definition) is 2. The van der Waals surface area contributed by atoms with Gasteiger partial charge >= 0.3 is 6.18 Å². The molecule has 2 aromatic rings. The molecular weight excluding hydrogens is 457 g/mol. The molecule has 1 aromatic carbocycles. The van der Waals surface area contributed by atoms with Crippen LogP contribution in [0.25, 0.3) is 0 Å². The van der Waals surface area contributed by atoms with Gasteiger partial charge in [-0.15, -0.1) is 0 Å². The summed E-state index contributed by atoms with van der Waals surface area (Å²) in [5, 5.41) is 5.96. The average Bonchev–Trinajstić information content (AvgIpc) is 3.22. The van der Waals surface area contributed by atoms with Gasteiger partial charge in [-0.3, -0.25) is 4.79 Å². The van der Waals surface area contributed by atoms with Gasteiger partial charge in [0.2, 0.25) is 5.95 Å². The van der Waals surface area contributed by atoms with Gasteiger partial charge in [0.25, 0.3) is 5.91 Å². The Hall–Kier alpha value is -2.88. The van der Waals surface area contributed by atoms with Crippen LogP contribution in [0.2, 0.25) is 0 Å². The molecule has 1 saturated carbocycles. The highest BCUT2D eigenvalue weighted by atomic mass is 19.4. The van der Waals surface area contributed by atoms with E-state index in [1.807, 2.05) is 14.0 Å². The summed E-state index contributed by atoms with van der Waals surface area (Å²) in [5.74, 6) is 0.0863. The zero-order valence-electron chi connectivity index (χ0n) is 20.4. The van der Waals surface area contributed by atoms with Crippen molar-refractivity contribution >= 4 is 23.4 Å². The topological polar surface area (TPSA) is 73.4 Å². The van der Waals surface area contributed by atoms with E-state index >= 15 is 0 Å². The van der Waals surface area contributed by atoms with Gasteiger partial charge in [-0.1, -0.05) is 13.3 Å². The van der Waals surface area contributed by atoms with Crippen molar-refractivity contribution in [1.82, 2.24) is 19.8 Å². The van der Waals surface area contributed by atoms with Gasteiger partial charge < -0.3 is 20.4 Å². The fourth-order valence-corrected chi connectivity index (χ4v) is 4.87. The highest BCUT2D eigenvalue weighted by molar-refractivity contribution is 5.94. The second-order valence-corrected chi connectivity index (χ2v) is 9.77. The van der Waals surface area contributed by atoms with E-state index < -0.39 is 11.7 Å². The van der Waals surface area contributed by atoms with Crippen LogP contribution in [-0.2, 0) is 6.18 Å². The Morgan fingerprint density at radius 2 is 1.80 bits per heavy atom. The first kappa shape index (κ1) is 25.2. The number of piperidine rings is 1. The number of amides is 1. The standard InChI is InChI=1S/C25H33F3N6O/c1-16-5-4-6-21(16)31-22-20(25(26,27)28)15-29-24(32-22)30-18-9-7-17(8-10-18)23(35)34(3)19-11-13-33(2)14-12-19/h7-10,15-16,19,21H,4-6,11-14H2,1-3H3,(H2,29,30,31,32)/t16-,21?/m0/s1. The third kappa shape index (κ3) is 6.04. The maximum atomic E-state index is 13.5. The first-order valence-electron chi connectivity index (χ1n) is 12.2. The molecule has 1 amide bonds. The number of carbonyl (C=O) groups is 1. The SMILES string of the molecule is C[C@H]1CCCC1Nc1nc(Nc2ccc(C(=O)N(C)C3CCN(C)CC3)cc2)ncc1C(F)(F)F. The van der Waals surface area contributed by atoms with Crippen LogP contribution in [0.4, 0.5) is 30.6 Å². The lowest BCUT2D eigenvalue weighted by Gasteiger charge is -2.35. The predicted molar refractivity (Wildman–Crippen MR) is 130 cm³/mol. The number of alkyl halides is 3. The van der Waals surface area contributed by atoms with Gasteiger partial charge in [0.1, 0.15) is 11.4 Å². The summed E-state index contributed by atoms with van der Waals surface area (Å²) >= 11 is 0. The van der Waals surface area contributed by atoms with Crippen LogP contribution in [0.15, 0.2) is 30.5 Å². The van der Waals surface area contributed by atoms with Crippen molar-refractivity contribution in [2.75, 3.05) is 37.8 Å². The summed E-state index contributed by atoms with van der Waals surface area (Å²) in [4.78, 5) is 25.0. The first-order valence-corrected chi connectivity index (χ1v) is 12.2. The number of carbonyl (C=O) groups excluding carboxylic acids is 1. The van der Waals surface area contributed by atoms with Crippen LogP contribution < -0.4 is 10.6 Å². The fraction of sp³-hybridized carbons (Fsp3) is 0.560. The molecular formula is C25H33F3N6O. The molecule has 2 fully saturated rings. The number of halogens is 3. The maximum Gasteiger partial charge on any atom is 0.421 e. The van der Waals surface area contributed by atoms with E-state index in [9.17, 15) is 18.0 Å². The molecule has 10 heteroatoms. The molecule has 2 aliphatic rings. The summed E-state index contributed by atoms with van der Waals surface area (Å²) in [6, 6.07) is 7.00. The summed E-state index contributed by atoms with van der Waals surface area (Å²) in [5.41, 5.74) is 0.270. The minimum Gasteiger partial charge on any atom is -0.366 e. The van der Waals surface area contributed by atoms with Crippen LogP contribution >= 0.6 is 0 Å². The molecule has 0 radical (unpaired) electrons. The number of anilines is 3. The van der Waals surface area contributed by atoms with Gasteiger partial charge in [-0.2, -0.15) is 18.2 Å². The quantitative estimate of drug-likeness (QED) is 0.593. The lowest BCUT2D eigenvalue weighted by molar-refractivity contribution is -0.137. The van der Waals surface area contributed by atoms with Crippen molar-refractivity contribution < 1.29 is 18.0 Å². The van der Waals surface area contributed by atoms with Crippen LogP contribution in [0.5, 0.6) is 0 Å². The second-order valence-electron chi connectivity index (χ2n) is 9.77. The lowest BCUT2D eigenvalue weighted by atomic mass is 10.0. The highest BCUT2D eigenvalue weighted by Gasteiger charge is 2.36. The van der Waals surface area contributed by atoms with Crippen LogP contribution in [0.3, 0.4) is 0 Å². The van der Waals surface area contributed by atoms with Gasteiger partial charge in [-0.05, 0) is 76.0 Å². The number of likely N-dealkylation sites (tertiary alicyclic amines) is 1. The van der Waals surface area contributed by atoms with Crippen molar-refractivity contribution in [3.8, 4) is 0 Å². The summed E-state index contributed by atoms with van der Waals surface area (Å²) in [7, 11) is 3.92. The van der Waals surface area contributed by atoms with E-state index in [0.29, 0.717) is 11.3 Å². The predicted octanol–water partition coefficient (Wildman–Crippen LogP) is 5.01. The molecule has 2 heterocycles.